The van der Waals surface area contributed by atoms with Gasteiger partial charge in [0.1, 0.15) is 0 Å². The van der Waals surface area contributed by atoms with Gasteiger partial charge in [-0.2, -0.15) is 4.98 Å². The summed E-state index contributed by atoms with van der Waals surface area (Å²) >= 11 is 6.03. The Morgan fingerprint density at radius 1 is 1.15 bits per heavy atom. The third-order valence-corrected chi connectivity index (χ3v) is 4.27. The molecule has 0 atom stereocenters. The molecule has 4 nitrogen and oxygen atoms in total. The molecule has 1 aliphatic rings. The van der Waals surface area contributed by atoms with Crippen LogP contribution in [0.15, 0.2) is 22.7 Å². The number of nitrogens with zero attached hydrogens (tertiary/aromatic N) is 2. The van der Waals surface area contributed by atoms with Gasteiger partial charge in [0.15, 0.2) is 5.82 Å². The SMILES string of the molecule is Nc1c(Cl)cccc1-c1nc(C2CCCCCC2)no1. The molecule has 2 N–H and O–H groups in total. The number of anilines is 1. The highest BCUT2D eigenvalue weighted by atomic mass is 35.5. The third kappa shape index (κ3) is 2.66. The van der Waals surface area contributed by atoms with E-state index in [0.29, 0.717) is 28.1 Å². The molecule has 2 aromatic rings. The zero-order valence-corrected chi connectivity index (χ0v) is 12.1. The largest absolute Gasteiger partial charge is 0.397 e. The summed E-state index contributed by atoms with van der Waals surface area (Å²) in [6, 6.07) is 5.44. The van der Waals surface area contributed by atoms with E-state index in [0.717, 1.165) is 18.7 Å². The first-order valence-corrected chi connectivity index (χ1v) is 7.51. The molecule has 0 radical (unpaired) electrons. The Labute approximate surface area is 123 Å². The van der Waals surface area contributed by atoms with Crippen LogP contribution in [0.1, 0.15) is 50.3 Å². The Balaban J connectivity index is 1.87. The van der Waals surface area contributed by atoms with E-state index in [-0.39, 0.29) is 0 Å². The molecule has 1 saturated carbocycles. The van der Waals surface area contributed by atoms with Gasteiger partial charge in [0, 0.05) is 5.92 Å². The molecule has 106 valence electrons. The molecule has 0 amide bonds. The third-order valence-electron chi connectivity index (χ3n) is 3.95. The van der Waals surface area contributed by atoms with Crippen molar-refractivity contribution in [3.05, 3.63) is 29.0 Å². The minimum Gasteiger partial charge on any atom is -0.397 e. The maximum Gasteiger partial charge on any atom is 0.260 e. The Hall–Kier alpha value is -1.55. The second kappa shape index (κ2) is 5.83. The van der Waals surface area contributed by atoms with Crippen LogP contribution in [0, 0.1) is 0 Å². The smallest absolute Gasteiger partial charge is 0.260 e. The van der Waals surface area contributed by atoms with Gasteiger partial charge in [-0.05, 0) is 25.0 Å². The summed E-state index contributed by atoms with van der Waals surface area (Å²) in [6.45, 7) is 0. The molecule has 0 unspecified atom stereocenters. The lowest BCUT2D eigenvalue weighted by atomic mass is 10.00. The minimum absolute atomic E-state index is 0.412. The highest BCUT2D eigenvalue weighted by Gasteiger charge is 2.21. The second-order valence-corrected chi connectivity index (χ2v) is 5.75. The number of rotatable bonds is 2. The van der Waals surface area contributed by atoms with Gasteiger partial charge in [0.2, 0.25) is 0 Å². The Bertz CT molecular complexity index is 589. The highest BCUT2D eigenvalue weighted by Crippen LogP contribution is 2.34. The lowest BCUT2D eigenvalue weighted by Crippen LogP contribution is -1.99. The molecule has 1 aromatic carbocycles. The standard InChI is InChI=1S/C15H18ClN3O/c16-12-9-5-8-11(13(12)17)15-18-14(19-20-15)10-6-3-1-2-4-7-10/h5,8-10H,1-4,6-7,17H2. The number of hydrogen-bond acceptors (Lipinski definition) is 4. The molecule has 1 aliphatic carbocycles. The van der Waals surface area contributed by atoms with Gasteiger partial charge in [0.25, 0.3) is 5.89 Å². The van der Waals surface area contributed by atoms with E-state index in [1.54, 1.807) is 6.07 Å². The van der Waals surface area contributed by atoms with E-state index in [4.69, 9.17) is 21.9 Å². The van der Waals surface area contributed by atoms with Crippen molar-refractivity contribution < 1.29 is 4.52 Å². The summed E-state index contributed by atoms with van der Waals surface area (Å²) in [7, 11) is 0. The van der Waals surface area contributed by atoms with Gasteiger partial charge >= 0.3 is 0 Å². The van der Waals surface area contributed by atoms with Crippen LogP contribution in [-0.4, -0.2) is 10.1 Å². The number of halogens is 1. The van der Waals surface area contributed by atoms with Crippen LogP contribution in [0.2, 0.25) is 5.02 Å². The lowest BCUT2D eigenvalue weighted by Gasteiger charge is -2.07. The molecule has 1 aromatic heterocycles. The van der Waals surface area contributed by atoms with Crippen LogP contribution in [0.3, 0.4) is 0 Å². The van der Waals surface area contributed by atoms with Crippen LogP contribution < -0.4 is 5.73 Å². The first kappa shape index (κ1) is 13.4. The number of aromatic nitrogens is 2. The first-order valence-electron chi connectivity index (χ1n) is 7.13. The predicted molar refractivity (Wildman–Crippen MR) is 79.6 cm³/mol. The quantitative estimate of drug-likeness (QED) is 0.657. The fraction of sp³-hybridized carbons (Fsp3) is 0.467. The molecule has 5 heteroatoms. The fourth-order valence-corrected chi connectivity index (χ4v) is 2.95. The average molecular weight is 292 g/mol. The minimum atomic E-state index is 0.412. The maximum absolute atomic E-state index is 6.03. The Morgan fingerprint density at radius 2 is 1.90 bits per heavy atom. The van der Waals surface area contributed by atoms with E-state index in [2.05, 4.69) is 10.1 Å². The van der Waals surface area contributed by atoms with Crippen LogP contribution in [0.5, 0.6) is 0 Å². The van der Waals surface area contributed by atoms with E-state index in [9.17, 15) is 0 Å². The zero-order chi connectivity index (χ0) is 13.9. The monoisotopic (exact) mass is 291 g/mol. The Kier molecular flexibility index (Phi) is 3.92. The highest BCUT2D eigenvalue weighted by molar-refractivity contribution is 6.33. The molecule has 1 heterocycles. The molecular formula is C15H18ClN3O. The van der Waals surface area contributed by atoms with Crippen molar-refractivity contribution in [3.8, 4) is 11.5 Å². The summed E-state index contributed by atoms with van der Waals surface area (Å²) in [5.74, 6) is 1.68. The summed E-state index contributed by atoms with van der Waals surface area (Å²) in [5, 5.41) is 4.65. The molecule has 1 fully saturated rings. The molecule has 0 aliphatic heterocycles. The molecule has 0 bridgehead atoms. The van der Waals surface area contributed by atoms with Gasteiger partial charge in [-0.15, -0.1) is 0 Å². The van der Waals surface area contributed by atoms with Crippen molar-refractivity contribution in [1.82, 2.24) is 10.1 Å². The lowest BCUT2D eigenvalue weighted by molar-refractivity contribution is 0.410. The van der Waals surface area contributed by atoms with Gasteiger partial charge in [-0.25, -0.2) is 0 Å². The van der Waals surface area contributed by atoms with Crippen molar-refractivity contribution in [3.63, 3.8) is 0 Å². The summed E-state index contributed by atoms with van der Waals surface area (Å²) in [4.78, 5) is 4.53. The number of nitrogens with two attached hydrogens (primary N) is 1. The molecule has 3 rings (SSSR count). The van der Waals surface area contributed by atoms with Crippen LogP contribution in [0.4, 0.5) is 5.69 Å². The van der Waals surface area contributed by atoms with Crippen LogP contribution in [0.25, 0.3) is 11.5 Å². The van der Waals surface area contributed by atoms with Gasteiger partial charge in [-0.3, -0.25) is 0 Å². The molecule has 0 saturated heterocycles. The second-order valence-electron chi connectivity index (χ2n) is 5.35. The van der Waals surface area contributed by atoms with Gasteiger partial charge in [-0.1, -0.05) is 48.5 Å². The van der Waals surface area contributed by atoms with Crippen molar-refractivity contribution in [2.75, 3.05) is 5.73 Å². The normalized spacial score (nSPS) is 17.1. The zero-order valence-electron chi connectivity index (χ0n) is 11.3. The van der Waals surface area contributed by atoms with Gasteiger partial charge in [0.05, 0.1) is 16.3 Å². The summed E-state index contributed by atoms with van der Waals surface area (Å²) in [5.41, 5.74) is 7.17. The van der Waals surface area contributed by atoms with E-state index >= 15 is 0 Å². The van der Waals surface area contributed by atoms with Crippen molar-refractivity contribution >= 4 is 17.3 Å². The fourth-order valence-electron chi connectivity index (χ4n) is 2.77. The van der Waals surface area contributed by atoms with E-state index in [1.807, 2.05) is 12.1 Å². The first-order chi connectivity index (χ1) is 9.75. The van der Waals surface area contributed by atoms with Crippen LogP contribution >= 0.6 is 11.6 Å². The average Bonchev–Trinajstić information content (AvgIpc) is 2.77. The molecular weight excluding hydrogens is 274 g/mol. The number of benzene rings is 1. The Morgan fingerprint density at radius 3 is 2.65 bits per heavy atom. The van der Waals surface area contributed by atoms with Crippen LogP contribution in [-0.2, 0) is 0 Å². The topological polar surface area (TPSA) is 64.9 Å². The van der Waals surface area contributed by atoms with Gasteiger partial charge < -0.3 is 10.3 Å². The number of hydrogen-bond donors (Lipinski definition) is 1. The molecule has 20 heavy (non-hydrogen) atoms. The summed E-state index contributed by atoms with van der Waals surface area (Å²) < 4.78 is 5.38. The van der Waals surface area contributed by atoms with E-state index < -0.39 is 0 Å². The maximum atomic E-state index is 6.03. The van der Waals surface area contributed by atoms with Crippen molar-refractivity contribution in [2.24, 2.45) is 0 Å². The van der Waals surface area contributed by atoms with Crippen molar-refractivity contribution in [1.29, 1.82) is 0 Å². The predicted octanol–water partition coefficient (Wildman–Crippen LogP) is 4.41. The number of nitrogen functional groups attached to an aromatic ring is 1. The molecule has 0 spiro atoms. The summed E-state index contributed by atoms with van der Waals surface area (Å²) in [6.07, 6.45) is 7.39. The van der Waals surface area contributed by atoms with E-state index in [1.165, 1.54) is 25.7 Å². The number of para-hydroxylation sites is 1. The van der Waals surface area contributed by atoms with Crippen molar-refractivity contribution in [2.45, 2.75) is 44.4 Å².